The second-order valence-electron chi connectivity index (χ2n) is 9.27. The van der Waals surface area contributed by atoms with Crippen LogP contribution in [0.1, 0.15) is 44.9 Å². The summed E-state index contributed by atoms with van der Waals surface area (Å²) in [7, 11) is 0. The molecular formula is C31H36N4O4. The summed E-state index contributed by atoms with van der Waals surface area (Å²) in [5, 5.41) is 8.27. The molecule has 4 N–H and O–H groups in total. The summed E-state index contributed by atoms with van der Waals surface area (Å²) in [6.07, 6.45) is 1.65. The first-order chi connectivity index (χ1) is 18.9. The standard InChI is InChI=1S/C31H36N4O4/c1-5-37-26-10-8-7-9-23(26)19-34-31(36)29(22-11-14-27(39-20(3)4)28(18-22)38-6-2)35-24-12-13-25-21(17-24)15-16-33-30(25)32/h7-18,20,29,35H,5-6,19H2,1-4H3,(H2,32,33)(H,34,36). The van der Waals surface area contributed by atoms with Gasteiger partial charge in [0.15, 0.2) is 11.5 Å². The van der Waals surface area contributed by atoms with Crippen molar-refractivity contribution in [3.05, 3.63) is 84.1 Å². The van der Waals surface area contributed by atoms with E-state index in [1.165, 1.54) is 0 Å². The number of nitrogens with two attached hydrogens (primary N) is 1. The molecule has 3 aromatic carbocycles. The SMILES string of the molecule is CCOc1ccccc1CNC(=O)C(Nc1ccc2c(N)nccc2c1)c1ccc(OC(C)C)c(OCC)c1. The van der Waals surface area contributed by atoms with Crippen molar-refractivity contribution < 1.29 is 19.0 Å². The van der Waals surface area contributed by atoms with E-state index in [1.54, 1.807) is 6.20 Å². The van der Waals surface area contributed by atoms with Crippen molar-refractivity contribution in [2.24, 2.45) is 0 Å². The summed E-state index contributed by atoms with van der Waals surface area (Å²) < 4.78 is 17.5. The van der Waals surface area contributed by atoms with Crippen molar-refractivity contribution in [1.82, 2.24) is 10.3 Å². The molecule has 4 rings (SSSR count). The first-order valence-corrected chi connectivity index (χ1v) is 13.2. The fourth-order valence-corrected chi connectivity index (χ4v) is 4.31. The van der Waals surface area contributed by atoms with E-state index < -0.39 is 6.04 Å². The van der Waals surface area contributed by atoms with Gasteiger partial charge in [-0.25, -0.2) is 4.98 Å². The normalized spacial score (nSPS) is 11.7. The fraction of sp³-hybridized carbons (Fsp3) is 0.290. The molecule has 4 aromatic rings. The van der Waals surface area contributed by atoms with Crippen LogP contribution in [-0.4, -0.2) is 30.2 Å². The van der Waals surface area contributed by atoms with Crippen molar-refractivity contribution >= 4 is 28.2 Å². The number of fused-ring (bicyclic) bond motifs is 1. The number of hydrogen-bond acceptors (Lipinski definition) is 7. The topological polar surface area (TPSA) is 108 Å². The third kappa shape index (κ3) is 6.90. The van der Waals surface area contributed by atoms with E-state index in [2.05, 4.69) is 15.6 Å². The molecule has 0 aliphatic carbocycles. The predicted molar refractivity (Wildman–Crippen MR) is 155 cm³/mol. The molecule has 8 nitrogen and oxygen atoms in total. The second-order valence-corrected chi connectivity index (χ2v) is 9.27. The summed E-state index contributed by atoms with van der Waals surface area (Å²) >= 11 is 0. The molecule has 0 bridgehead atoms. The number of carbonyl (C=O) groups is 1. The molecule has 1 aromatic heterocycles. The summed E-state index contributed by atoms with van der Waals surface area (Å²) in [5.41, 5.74) is 8.44. The number of nitrogens with one attached hydrogen (secondary N) is 2. The van der Waals surface area contributed by atoms with Gasteiger partial charge in [-0.3, -0.25) is 4.79 Å². The summed E-state index contributed by atoms with van der Waals surface area (Å²) in [6, 6.07) is 20.2. The van der Waals surface area contributed by atoms with Crippen LogP contribution in [0.4, 0.5) is 11.5 Å². The molecule has 1 atom stereocenters. The molecule has 0 radical (unpaired) electrons. The zero-order chi connectivity index (χ0) is 27.8. The highest BCUT2D eigenvalue weighted by molar-refractivity contribution is 5.94. The summed E-state index contributed by atoms with van der Waals surface area (Å²) in [6.45, 7) is 9.11. The van der Waals surface area contributed by atoms with Gasteiger partial charge in [-0.15, -0.1) is 0 Å². The molecule has 0 aliphatic rings. The minimum absolute atomic E-state index is 0.0165. The van der Waals surface area contributed by atoms with Crippen LogP contribution in [-0.2, 0) is 11.3 Å². The Kier molecular flexibility index (Phi) is 9.10. The van der Waals surface area contributed by atoms with Gasteiger partial charge in [-0.1, -0.05) is 24.3 Å². The van der Waals surface area contributed by atoms with Crippen molar-refractivity contribution in [2.75, 3.05) is 24.3 Å². The number of nitrogens with zero attached hydrogens (tertiary/aromatic N) is 1. The molecule has 0 fully saturated rings. The van der Waals surface area contributed by atoms with E-state index in [1.807, 2.05) is 94.4 Å². The number of amides is 1. The maximum Gasteiger partial charge on any atom is 0.247 e. The van der Waals surface area contributed by atoms with Crippen LogP contribution >= 0.6 is 0 Å². The Morgan fingerprint density at radius 1 is 0.923 bits per heavy atom. The lowest BCUT2D eigenvalue weighted by Gasteiger charge is -2.23. The molecule has 0 saturated heterocycles. The third-order valence-corrected chi connectivity index (χ3v) is 6.06. The van der Waals surface area contributed by atoms with E-state index in [-0.39, 0.29) is 12.0 Å². The molecule has 1 unspecified atom stereocenters. The Hall–Kier alpha value is -4.46. The molecule has 1 heterocycles. The lowest BCUT2D eigenvalue weighted by Crippen LogP contribution is -2.33. The Morgan fingerprint density at radius 3 is 2.46 bits per heavy atom. The van der Waals surface area contributed by atoms with Gasteiger partial charge in [0.1, 0.15) is 17.6 Å². The van der Waals surface area contributed by atoms with Gasteiger partial charge in [0.05, 0.1) is 19.3 Å². The summed E-state index contributed by atoms with van der Waals surface area (Å²) in [5.74, 6) is 2.23. The van der Waals surface area contributed by atoms with Crippen molar-refractivity contribution in [1.29, 1.82) is 0 Å². The average molecular weight is 529 g/mol. The van der Waals surface area contributed by atoms with Crippen LogP contribution in [0.5, 0.6) is 17.2 Å². The van der Waals surface area contributed by atoms with Crippen LogP contribution in [0.3, 0.4) is 0 Å². The Balaban J connectivity index is 1.67. The zero-order valence-corrected chi connectivity index (χ0v) is 22.9. The van der Waals surface area contributed by atoms with E-state index in [0.717, 1.165) is 33.3 Å². The minimum atomic E-state index is -0.715. The highest BCUT2D eigenvalue weighted by Gasteiger charge is 2.23. The first kappa shape index (κ1) is 27.6. The number of pyridine rings is 1. The average Bonchev–Trinajstić information content (AvgIpc) is 2.92. The summed E-state index contributed by atoms with van der Waals surface area (Å²) in [4.78, 5) is 17.9. The smallest absolute Gasteiger partial charge is 0.247 e. The highest BCUT2D eigenvalue weighted by Crippen LogP contribution is 2.33. The molecule has 1 amide bonds. The van der Waals surface area contributed by atoms with E-state index in [9.17, 15) is 4.79 Å². The van der Waals surface area contributed by atoms with Gasteiger partial charge < -0.3 is 30.6 Å². The van der Waals surface area contributed by atoms with Gasteiger partial charge in [0, 0.05) is 29.4 Å². The van der Waals surface area contributed by atoms with E-state index >= 15 is 0 Å². The van der Waals surface area contributed by atoms with Gasteiger partial charge in [-0.05, 0) is 81.1 Å². The molecule has 0 saturated carbocycles. The van der Waals surface area contributed by atoms with E-state index in [0.29, 0.717) is 37.1 Å². The number of benzene rings is 3. The third-order valence-electron chi connectivity index (χ3n) is 6.06. The maximum atomic E-state index is 13.7. The number of carbonyl (C=O) groups excluding carboxylic acids is 1. The van der Waals surface area contributed by atoms with Gasteiger partial charge in [0.2, 0.25) is 5.91 Å². The molecule has 8 heteroatoms. The molecule has 0 aliphatic heterocycles. The first-order valence-electron chi connectivity index (χ1n) is 13.2. The number of rotatable bonds is 12. The largest absolute Gasteiger partial charge is 0.494 e. The Labute approximate surface area is 229 Å². The Bertz CT molecular complexity index is 1420. The highest BCUT2D eigenvalue weighted by atomic mass is 16.5. The lowest BCUT2D eigenvalue weighted by atomic mass is 10.0. The number of aromatic nitrogens is 1. The fourth-order valence-electron chi connectivity index (χ4n) is 4.31. The monoisotopic (exact) mass is 528 g/mol. The van der Waals surface area contributed by atoms with Crippen LogP contribution in [0.15, 0.2) is 72.9 Å². The number of nitrogen functional groups attached to an aromatic ring is 1. The van der Waals surface area contributed by atoms with Crippen molar-refractivity contribution in [3.8, 4) is 17.2 Å². The quantitative estimate of drug-likeness (QED) is 0.211. The number of para-hydroxylation sites is 1. The van der Waals surface area contributed by atoms with E-state index in [4.69, 9.17) is 19.9 Å². The number of ether oxygens (including phenoxy) is 3. The number of hydrogen-bond donors (Lipinski definition) is 3. The van der Waals surface area contributed by atoms with Gasteiger partial charge in [0.25, 0.3) is 0 Å². The second kappa shape index (κ2) is 12.9. The van der Waals surface area contributed by atoms with Gasteiger partial charge in [-0.2, -0.15) is 0 Å². The molecule has 204 valence electrons. The van der Waals surface area contributed by atoms with Crippen LogP contribution in [0, 0.1) is 0 Å². The lowest BCUT2D eigenvalue weighted by molar-refractivity contribution is -0.122. The minimum Gasteiger partial charge on any atom is -0.494 e. The Morgan fingerprint density at radius 2 is 1.69 bits per heavy atom. The molecule has 0 spiro atoms. The zero-order valence-electron chi connectivity index (χ0n) is 22.9. The van der Waals surface area contributed by atoms with Crippen LogP contribution < -0.4 is 30.6 Å². The van der Waals surface area contributed by atoms with Crippen LogP contribution in [0.2, 0.25) is 0 Å². The van der Waals surface area contributed by atoms with Gasteiger partial charge >= 0.3 is 0 Å². The van der Waals surface area contributed by atoms with Crippen molar-refractivity contribution in [2.45, 2.75) is 46.4 Å². The van der Waals surface area contributed by atoms with Crippen LogP contribution in [0.25, 0.3) is 10.8 Å². The number of anilines is 2. The predicted octanol–water partition coefficient (Wildman–Crippen LogP) is 5.87. The maximum absolute atomic E-state index is 13.7. The van der Waals surface area contributed by atoms with Crippen molar-refractivity contribution in [3.63, 3.8) is 0 Å². The molecule has 39 heavy (non-hydrogen) atoms. The molecular weight excluding hydrogens is 492 g/mol.